The average molecular weight is 354 g/mol. The van der Waals surface area contributed by atoms with Crippen molar-refractivity contribution in [1.29, 1.82) is 0 Å². The highest BCUT2D eigenvalue weighted by atomic mass is 16.5. The largest absolute Gasteiger partial charge is 0.447 e. The summed E-state index contributed by atoms with van der Waals surface area (Å²) < 4.78 is 5.50. The molecule has 1 aromatic carbocycles. The number of hydrogen-bond donors (Lipinski definition) is 1. The van der Waals surface area contributed by atoms with E-state index in [0.29, 0.717) is 0 Å². The first-order chi connectivity index (χ1) is 12.4. The monoisotopic (exact) mass is 354 g/mol. The molecule has 0 aliphatic carbocycles. The lowest BCUT2D eigenvalue weighted by atomic mass is 10.1. The van der Waals surface area contributed by atoms with E-state index in [2.05, 4.69) is 9.97 Å². The Labute approximate surface area is 152 Å². The maximum atomic E-state index is 13.2. The van der Waals surface area contributed by atoms with Crippen LogP contribution in [0.25, 0.3) is 0 Å². The number of nitrogens with two attached hydrogens (primary N) is 1. The molecule has 1 amide bonds. The third-order valence-corrected chi connectivity index (χ3v) is 4.45. The zero-order valence-corrected chi connectivity index (χ0v) is 15.0. The summed E-state index contributed by atoms with van der Waals surface area (Å²) in [4.78, 5) is 35.1. The van der Waals surface area contributed by atoms with Crippen molar-refractivity contribution in [1.82, 2.24) is 9.97 Å². The number of esters is 1. The third-order valence-electron chi connectivity index (χ3n) is 4.45. The number of amides is 1. The standard InChI is InChI=1S/C19H22N4O3/c1-11(2)16(26-19(25)15-17(20)22-9-8-21-15)18(24)23-12(3)10-13-6-4-5-7-14(13)23/h4-9,11-12,16H,10H2,1-3H3,(H2,20,22)/t12-,16-/m0/s1. The van der Waals surface area contributed by atoms with Crippen LogP contribution in [-0.4, -0.2) is 34.0 Å². The Morgan fingerprint density at radius 2 is 1.92 bits per heavy atom. The van der Waals surface area contributed by atoms with Crippen LogP contribution in [0.3, 0.4) is 0 Å². The number of para-hydroxylation sites is 1. The van der Waals surface area contributed by atoms with Crippen LogP contribution in [0, 0.1) is 5.92 Å². The van der Waals surface area contributed by atoms with E-state index in [1.807, 2.05) is 45.0 Å². The van der Waals surface area contributed by atoms with E-state index >= 15 is 0 Å². The average Bonchev–Trinajstić information content (AvgIpc) is 2.94. The van der Waals surface area contributed by atoms with Gasteiger partial charge in [-0.2, -0.15) is 0 Å². The molecule has 2 aromatic rings. The second-order valence-corrected chi connectivity index (χ2v) is 6.75. The zero-order valence-electron chi connectivity index (χ0n) is 15.0. The highest BCUT2D eigenvalue weighted by Crippen LogP contribution is 2.33. The highest BCUT2D eigenvalue weighted by Gasteiger charge is 2.38. The first kappa shape index (κ1) is 17.8. The Hall–Kier alpha value is -2.96. The highest BCUT2D eigenvalue weighted by molar-refractivity contribution is 6.01. The van der Waals surface area contributed by atoms with Gasteiger partial charge in [0, 0.05) is 24.1 Å². The number of nitrogens with zero attached hydrogens (tertiary/aromatic N) is 3. The Balaban J connectivity index is 1.86. The van der Waals surface area contributed by atoms with Gasteiger partial charge in [-0.25, -0.2) is 14.8 Å². The lowest BCUT2D eigenvalue weighted by Gasteiger charge is -2.29. The first-order valence-corrected chi connectivity index (χ1v) is 8.58. The molecular weight excluding hydrogens is 332 g/mol. The molecule has 0 radical (unpaired) electrons. The van der Waals surface area contributed by atoms with E-state index in [9.17, 15) is 9.59 Å². The van der Waals surface area contributed by atoms with Gasteiger partial charge in [-0.05, 0) is 30.9 Å². The van der Waals surface area contributed by atoms with Crippen molar-refractivity contribution in [2.45, 2.75) is 39.3 Å². The van der Waals surface area contributed by atoms with Gasteiger partial charge < -0.3 is 15.4 Å². The summed E-state index contributed by atoms with van der Waals surface area (Å²) in [6, 6.07) is 7.78. The van der Waals surface area contributed by atoms with E-state index in [1.54, 1.807) is 4.90 Å². The van der Waals surface area contributed by atoms with Crippen LogP contribution in [0.4, 0.5) is 11.5 Å². The molecule has 2 atom stereocenters. The number of nitrogen functional groups attached to an aromatic ring is 1. The normalized spacial score (nSPS) is 17.1. The molecule has 1 aliphatic heterocycles. The fraction of sp³-hybridized carbons (Fsp3) is 0.368. The van der Waals surface area contributed by atoms with Crippen molar-refractivity contribution in [2.24, 2.45) is 5.92 Å². The van der Waals surface area contributed by atoms with Gasteiger partial charge in [0.15, 0.2) is 17.6 Å². The predicted molar refractivity (Wildman–Crippen MR) is 97.6 cm³/mol. The van der Waals surface area contributed by atoms with Crippen LogP contribution in [0.5, 0.6) is 0 Å². The molecule has 0 bridgehead atoms. The van der Waals surface area contributed by atoms with E-state index in [4.69, 9.17) is 10.5 Å². The van der Waals surface area contributed by atoms with Gasteiger partial charge in [0.2, 0.25) is 0 Å². The summed E-state index contributed by atoms with van der Waals surface area (Å²) in [5.41, 5.74) is 7.58. The van der Waals surface area contributed by atoms with Crippen LogP contribution >= 0.6 is 0 Å². The molecule has 26 heavy (non-hydrogen) atoms. The number of rotatable bonds is 4. The van der Waals surface area contributed by atoms with E-state index in [1.165, 1.54) is 12.4 Å². The lowest BCUT2D eigenvalue weighted by Crippen LogP contribution is -2.46. The molecule has 3 rings (SSSR count). The molecule has 0 saturated heterocycles. The van der Waals surface area contributed by atoms with Gasteiger partial charge in [-0.15, -0.1) is 0 Å². The molecular formula is C19H22N4O3. The number of benzene rings is 1. The molecule has 2 N–H and O–H groups in total. The molecule has 0 fully saturated rings. The van der Waals surface area contributed by atoms with Crippen LogP contribution in [0.2, 0.25) is 0 Å². The van der Waals surface area contributed by atoms with Gasteiger partial charge in [-0.1, -0.05) is 32.0 Å². The lowest BCUT2D eigenvalue weighted by molar-refractivity contribution is -0.129. The Morgan fingerprint density at radius 3 is 2.62 bits per heavy atom. The SMILES string of the molecule is CC(C)[C@H](OC(=O)c1nccnc1N)C(=O)N1c2ccccc2C[C@@H]1C. The van der Waals surface area contributed by atoms with Gasteiger partial charge in [-0.3, -0.25) is 4.79 Å². The molecule has 0 unspecified atom stereocenters. The maximum Gasteiger partial charge on any atom is 0.361 e. The Bertz CT molecular complexity index is 837. The number of carbonyl (C=O) groups excluding carboxylic acids is 2. The van der Waals surface area contributed by atoms with Crippen LogP contribution in [0.15, 0.2) is 36.7 Å². The second kappa shape index (κ2) is 7.11. The van der Waals surface area contributed by atoms with Crippen molar-refractivity contribution < 1.29 is 14.3 Å². The predicted octanol–water partition coefficient (Wildman–Crippen LogP) is 2.22. The smallest absolute Gasteiger partial charge is 0.361 e. The molecule has 2 heterocycles. The molecule has 1 aromatic heterocycles. The quantitative estimate of drug-likeness (QED) is 0.845. The zero-order chi connectivity index (χ0) is 18.8. The molecule has 7 nitrogen and oxygen atoms in total. The number of fused-ring (bicyclic) bond motifs is 1. The third kappa shape index (κ3) is 3.24. The van der Waals surface area contributed by atoms with Crippen molar-refractivity contribution in [3.05, 3.63) is 47.9 Å². The van der Waals surface area contributed by atoms with Crippen LogP contribution in [0.1, 0.15) is 36.8 Å². The molecule has 0 saturated carbocycles. The minimum Gasteiger partial charge on any atom is -0.447 e. The topological polar surface area (TPSA) is 98.4 Å². The van der Waals surface area contributed by atoms with Gasteiger partial charge in [0.25, 0.3) is 5.91 Å². The van der Waals surface area contributed by atoms with Gasteiger partial charge in [0.05, 0.1) is 0 Å². The number of aromatic nitrogens is 2. The molecule has 0 spiro atoms. The molecule has 7 heteroatoms. The van der Waals surface area contributed by atoms with Crippen molar-refractivity contribution in [2.75, 3.05) is 10.6 Å². The number of ether oxygens (including phenoxy) is 1. The second-order valence-electron chi connectivity index (χ2n) is 6.75. The minimum absolute atomic E-state index is 0.00133. The number of carbonyl (C=O) groups is 2. The fourth-order valence-corrected chi connectivity index (χ4v) is 3.19. The Kier molecular flexibility index (Phi) is 4.88. The van der Waals surface area contributed by atoms with Crippen molar-refractivity contribution in [3.8, 4) is 0 Å². The maximum absolute atomic E-state index is 13.2. The molecule has 136 valence electrons. The molecule has 1 aliphatic rings. The summed E-state index contributed by atoms with van der Waals surface area (Å²) in [6.07, 6.45) is 2.59. The Morgan fingerprint density at radius 1 is 1.23 bits per heavy atom. The van der Waals surface area contributed by atoms with E-state index < -0.39 is 12.1 Å². The summed E-state index contributed by atoms with van der Waals surface area (Å²) in [5, 5.41) is 0. The van der Waals surface area contributed by atoms with Crippen LogP contribution < -0.4 is 10.6 Å². The summed E-state index contributed by atoms with van der Waals surface area (Å²) >= 11 is 0. The van der Waals surface area contributed by atoms with Gasteiger partial charge >= 0.3 is 5.97 Å². The summed E-state index contributed by atoms with van der Waals surface area (Å²) in [5.74, 6) is -1.22. The van der Waals surface area contributed by atoms with Crippen LogP contribution in [-0.2, 0) is 16.0 Å². The summed E-state index contributed by atoms with van der Waals surface area (Å²) in [6.45, 7) is 5.66. The van der Waals surface area contributed by atoms with E-state index in [0.717, 1.165) is 17.7 Å². The van der Waals surface area contributed by atoms with E-state index in [-0.39, 0.29) is 29.4 Å². The van der Waals surface area contributed by atoms with Crippen molar-refractivity contribution >= 4 is 23.4 Å². The van der Waals surface area contributed by atoms with Gasteiger partial charge in [0.1, 0.15) is 0 Å². The number of anilines is 2. The van der Waals surface area contributed by atoms with Crippen molar-refractivity contribution in [3.63, 3.8) is 0 Å². The number of hydrogen-bond acceptors (Lipinski definition) is 6. The minimum atomic E-state index is -0.933. The summed E-state index contributed by atoms with van der Waals surface area (Å²) in [7, 11) is 0. The fourth-order valence-electron chi connectivity index (χ4n) is 3.19. The first-order valence-electron chi connectivity index (χ1n) is 8.58.